The van der Waals surface area contributed by atoms with Gasteiger partial charge in [-0.1, -0.05) is 6.07 Å². The Balaban J connectivity index is 2.07. The monoisotopic (exact) mass is 300 g/mol. The van der Waals surface area contributed by atoms with E-state index in [4.69, 9.17) is 0 Å². The molecule has 1 heterocycles. The Morgan fingerprint density at radius 3 is 2.55 bits per heavy atom. The summed E-state index contributed by atoms with van der Waals surface area (Å²) in [6, 6.07) is 8.51. The van der Waals surface area contributed by atoms with Crippen LogP contribution in [0.25, 0.3) is 11.0 Å². The Morgan fingerprint density at radius 1 is 1.00 bits per heavy atom. The van der Waals surface area contributed by atoms with Gasteiger partial charge in [-0.05, 0) is 18.2 Å². The summed E-state index contributed by atoms with van der Waals surface area (Å²) < 4.78 is 0. The van der Waals surface area contributed by atoms with Crippen molar-refractivity contribution in [3.8, 4) is 0 Å². The summed E-state index contributed by atoms with van der Waals surface area (Å²) >= 11 is 0. The number of para-hydroxylation sites is 1. The lowest BCUT2D eigenvalue weighted by Crippen LogP contribution is -1.99. The van der Waals surface area contributed by atoms with Crippen LogP contribution in [0.1, 0.15) is 0 Å². The zero-order chi connectivity index (χ0) is 15.7. The van der Waals surface area contributed by atoms with E-state index in [9.17, 15) is 20.2 Å². The second kappa shape index (κ2) is 5.09. The minimum atomic E-state index is -0.685. The van der Waals surface area contributed by atoms with Crippen molar-refractivity contribution < 1.29 is 9.85 Å². The van der Waals surface area contributed by atoms with Crippen molar-refractivity contribution in [2.24, 2.45) is 0 Å². The Bertz CT molecular complexity index is 890. The molecule has 0 bridgehead atoms. The standard InChI is InChI=1S/C12H8N6O4/c19-17(20)7-4-5-8(11(6-7)18(21)22)13-9-2-1-3-10-12(9)15-16-14-10/h1-6,13H,(H,14,15,16). The number of nitrogens with one attached hydrogen (secondary N) is 2. The quantitative estimate of drug-likeness (QED) is 0.557. The zero-order valence-corrected chi connectivity index (χ0v) is 10.9. The molecule has 2 N–H and O–H groups in total. The number of non-ortho nitro benzene ring substituents is 1. The van der Waals surface area contributed by atoms with Gasteiger partial charge in [0.2, 0.25) is 0 Å². The van der Waals surface area contributed by atoms with E-state index in [1.165, 1.54) is 12.1 Å². The summed E-state index contributed by atoms with van der Waals surface area (Å²) in [5.74, 6) is 0. The molecule has 0 amide bonds. The minimum Gasteiger partial charge on any atom is -0.348 e. The van der Waals surface area contributed by atoms with Gasteiger partial charge >= 0.3 is 0 Å². The molecule has 2 aromatic carbocycles. The maximum atomic E-state index is 11.1. The molecule has 0 atom stereocenters. The molecular weight excluding hydrogens is 292 g/mol. The van der Waals surface area contributed by atoms with Gasteiger partial charge in [0.05, 0.1) is 21.6 Å². The van der Waals surface area contributed by atoms with Gasteiger partial charge in [-0.3, -0.25) is 20.2 Å². The largest absolute Gasteiger partial charge is 0.348 e. The summed E-state index contributed by atoms with van der Waals surface area (Å²) in [5.41, 5.74) is 0.991. The lowest BCUT2D eigenvalue weighted by molar-refractivity contribution is -0.393. The fraction of sp³-hybridized carbons (Fsp3) is 0. The van der Waals surface area contributed by atoms with Gasteiger partial charge in [-0.15, -0.1) is 0 Å². The third-order valence-electron chi connectivity index (χ3n) is 3.01. The number of nitro groups is 2. The lowest BCUT2D eigenvalue weighted by Gasteiger charge is -2.07. The summed E-state index contributed by atoms with van der Waals surface area (Å²) in [4.78, 5) is 20.5. The third-order valence-corrected chi connectivity index (χ3v) is 3.01. The van der Waals surface area contributed by atoms with Gasteiger partial charge in [-0.2, -0.15) is 15.4 Å². The number of nitrogens with zero attached hydrogens (tertiary/aromatic N) is 4. The van der Waals surface area contributed by atoms with E-state index in [0.29, 0.717) is 16.7 Å². The summed E-state index contributed by atoms with van der Waals surface area (Å²) in [5, 5.41) is 35.0. The first-order chi connectivity index (χ1) is 10.6. The number of H-pyrrole nitrogens is 1. The highest BCUT2D eigenvalue weighted by Crippen LogP contribution is 2.32. The Kier molecular flexibility index (Phi) is 3.10. The number of nitro benzene ring substituents is 2. The van der Waals surface area contributed by atoms with Gasteiger partial charge in [-0.25, -0.2) is 0 Å². The first-order valence-electron chi connectivity index (χ1n) is 6.05. The maximum absolute atomic E-state index is 11.1. The highest BCUT2D eigenvalue weighted by Gasteiger charge is 2.20. The van der Waals surface area contributed by atoms with Crippen molar-refractivity contribution in [1.82, 2.24) is 15.4 Å². The number of rotatable bonds is 4. The van der Waals surface area contributed by atoms with E-state index in [0.717, 1.165) is 6.07 Å². The van der Waals surface area contributed by atoms with Crippen molar-refractivity contribution in [2.45, 2.75) is 0 Å². The third kappa shape index (κ3) is 2.28. The van der Waals surface area contributed by atoms with E-state index < -0.39 is 15.5 Å². The normalized spacial score (nSPS) is 10.5. The topological polar surface area (TPSA) is 140 Å². The molecule has 1 aromatic heterocycles. The maximum Gasteiger partial charge on any atom is 0.299 e. The average molecular weight is 300 g/mol. The van der Waals surface area contributed by atoms with Crippen molar-refractivity contribution >= 4 is 33.8 Å². The van der Waals surface area contributed by atoms with Crippen LogP contribution in [0.15, 0.2) is 36.4 Å². The molecule has 110 valence electrons. The highest BCUT2D eigenvalue weighted by molar-refractivity contribution is 5.90. The highest BCUT2D eigenvalue weighted by atomic mass is 16.6. The molecule has 3 rings (SSSR count). The molecule has 0 aliphatic heterocycles. The van der Waals surface area contributed by atoms with Crippen molar-refractivity contribution in [2.75, 3.05) is 5.32 Å². The van der Waals surface area contributed by atoms with Crippen LogP contribution in [-0.4, -0.2) is 25.3 Å². The van der Waals surface area contributed by atoms with Crippen LogP contribution in [0.3, 0.4) is 0 Å². The van der Waals surface area contributed by atoms with E-state index in [-0.39, 0.29) is 11.4 Å². The number of hydrogen-bond acceptors (Lipinski definition) is 7. The molecular formula is C12H8N6O4. The van der Waals surface area contributed by atoms with Gasteiger partial charge in [0, 0.05) is 6.07 Å². The van der Waals surface area contributed by atoms with Crippen LogP contribution in [-0.2, 0) is 0 Å². The van der Waals surface area contributed by atoms with Gasteiger partial charge in [0.25, 0.3) is 11.4 Å². The smallest absolute Gasteiger partial charge is 0.299 e. The van der Waals surface area contributed by atoms with E-state index >= 15 is 0 Å². The molecule has 10 nitrogen and oxygen atoms in total. The average Bonchev–Trinajstić information content (AvgIpc) is 2.96. The van der Waals surface area contributed by atoms with Crippen LogP contribution in [0.4, 0.5) is 22.7 Å². The first-order valence-corrected chi connectivity index (χ1v) is 6.05. The van der Waals surface area contributed by atoms with E-state index in [1.807, 2.05) is 0 Å². The zero-order valence-electron chi connectivity index (χ0n) is 10.9. The molecule has 0 fully saturated rings. The molecule has 10 heteroatoms. The predicted molar refractivity (Wildman–Crippen MR) is 76.9 cm³/mol. The molecule has 0 aliphatic carbocycles. The molecule has 0 saturated heterocycles. The number of aromatic amines is 1. The molecule has 0 radical (unpaired) electrons. The van der Waals surface area contributed by atoms with Crippen LogP contribution in [0.5, 0.6) is 0 Å². The van der Waals surface area contributed by atoms with Crippen LogP contribution >= 0.6 is 0 Å². The SMILES string of the molecule is O=[N+]([O-])c1ccc(Nc2cccc3n[nH]nc23)c([N+](=O)[O-])c1. The van der Waals surface area contributed by atoms with Crippen LogP contribution < -0.4 is 5.32 Å². The number of fused-ring (bicyclic) bond motifs is 1. The van der Waals surface area contributed by atoms with Crippen molar-refractivity contribution in [1.29, 1.82) is 0 Å². The Morgan fingerprint density at radius 2 is 1.82 bits per heavy atom. The fourth-order valence-electron chi connectivity index (χ4n) is 2.00. The lowest BCUT2D eigenvalue weighted by atomic mass is 10.2. The summed E-state index contributed by atoms with van der Waals surface area (Å²) in [6.07, 6.45) is 0. The molecule has 0 unspecified atom stereocenters. The number of anilines is 2. The first kappa shape index (κ1) is 13.4. The van der Waals surface area contributed by atoms with Crippen LogP contribution in [0, 0.1) is 20.2 Å². The second-order valence-electron chi connectivity index (χ2n) is 4.34. The molecule has 3 aromatic rings. The van der Waals surface area contributed by atoms with Gasteiger partial charge in [0.1, 0.15) is 16.7 Å². The molecule has 0 aliphatic rings. The second-order valence-corrected chi connectivity index (χ2v) is 4.34. The van der Waals surface area contributed by atoms with E-state index in [1.54, 1.807) is 18.2 Å². The van der Waals surface area contributed by atoms with Crippen LogP contribution in [0.2, 0.25) is 0 Å². The molecule has 0 spiro atoms. The van der Waals surface area contributed by atoms with E-state index in [2.05, 4.69) is 20.7 Å². The van der Waals surface area contributed by atoms with Gasteiger partial charge in [0.15, 0.2) is 0 Å². The van der Waals surface area contributed by atoms with Gasteiger partial charge < -0.3 is 5.32 Å². The Labute approximate surface area is 122 Å². The number of aromatic nitrogens is 3. The fourth-order valence-corrected chi connectivity index (χ4v) is 2.00. The Hall–Kier alpha value is -3.56. The number of hydrogen-bond donors (Lipinski definition) is 2. The molecule has 0 saturated carbocycles. The summed E-state index contributed by atoms with van der Waals surface area (Å²) in [7, 11) is 0. The predicted octanol–water partition coefficient (Wildman–Crippen LogP) is 2.52. The minimum absolute atomic E-state index is 0.131. The van der Waals surface area contributed by atoms with Crippen molar-refractivity contribution in [3.63, 3.8) is 0 Å². The summed E-state index contributed by atoms with van der Waals surface area (Å²) in [6.45, 7) is 0. The molecule has 22 heavy (non-hydrogen) atoms. The van der Waals surface area contributed by atoms with Crippen molar-refractivity contribution in [3.05, 3.63) is 56.6 Å². The number of benzene rings is 2.